The van der Waals surface area contributed by atoms with Crippen molar-refractivity contribution >= 4 is 35.3 Å². The van der Waals surface area contributed by atoms with Gasteiger partial charge in [-0.3, -0.25) is 29.1 Å². The Hall–Kier alpha value is -3.54. The van der Waals surface area contributed by atoms with E-state index >= 15 is 0 Å². The molecule has 0 saturated heterocycles. The Balaban J connectivity index is 2.22. The molecule has 0 aliphatic carbocycles. The van der Waals surface area contributed by atoms with Crippen LogP contribution in [0.3, 0.4) is 0 Å². The fourth-order valence-corrected chi connectivity index (χ4v) is 2.10. The molecule has 0 atom stereocenters. The summed E-state index contributed by atoms with van der Waals surface area (Å²) in [5.74, 6) is -5.08. The van der Waals surface area contributed by atoms with E-state index in [1.165, 1.54) is 24.5 Å². The minimum Gasteiger partial charge on any atom is -0.294 e. The quantitative estimate of drug-likeness (QED) is 0.412. The van der Waals surface area contributed by atoms with E-state index in [1.54, 1.807) is 36.7 Å². The van der Waals surface area contributed by atoms with Crippen LogP contribution in [0.4, 0.5) is 0 Å². The molecule has 0 N–H and O–H groups in total. The molecule has 0 bridgehead atoms. The maximum atomic E-state index is 12.4. The third-order valence-electron chi connectivity index (χ3n) is 3.43. The summed E-state index contributed by atoms with van der Waals surface area (Å²) in [6.45, 7) is 1.03. The molecule has 0 aliphatic heterocycles. The van der Waals surface area contributed by atoms with Crippen LogP contribution in [0.15, 0.2) is 61.2 Å². The van der Waals surface area contributed by atoms with Crippen LogP contribution in [0, 0.1) is 5.92 Å². The highest BCUT2D eigenvalue weighted by atomic mass is 16.2. The number of hydrogen-bond donors (Lipinski definition) is 0. The number of carbonyl (C=O) groups is 4. The Morgan fingerprint density at radius 3 is 1.65 bits per heavy atom. The third kappa shape index (κ3) is 5.24. The van der Waals surface area contributed by atoms with Crippen molar-refractivity contribution in [3.05, 3.63) is 72.3 Å². The second kappa shape index (κ2) is 9.08. The SMILES string of the molecule is CC(=O)C(=O)C(C(=O)/C=C/c1cccnc1)C(=O)/C=C/c1cccnc1. The second-order valence-electron chi connectivity index (χ2n) is 5.40. The number of aromatic nitrogens is 2. The standard InChI is InChI=1S/C20H16N2O4/c1-14(23)20(26)19(17(24)8-6-15-4-2-10-21-12-15)18(25)9-7-16-5-3-11-22-13-16/h2-13,19H,1H3/b8-6+,9-7+. The first-order chi connectivity index (χ1) is 12.5. The van der Waals surface area contributed by atoms with Gasteiger partial charge in [0.05, 0.1) is 0 Å². The second-order valence-corrected chi connectivity index (χ2v) is 5.40. The van der Waals surface area contributed by atoms with Gasteiger partial charge in [-0.05, 0) is 47.6 Å². The number of pyridine rings is 2. The van der Waals surface area contributed by atoms with Gasteiger partial charge in [-0.2, -0.15) is 0 Å². The maximum Gasteiger partial charge on any atom is 0.216 e. The Morgan fingerprint density at radius 1 is 0.846 bits per heavy atom. The highest BCUT2D eigenvalue weighted by Crippen LogP contribution is 2.10. The lowest BCUT2D eigenvalue weighted by atomic mass is 9.91. The number of nitrogens with zero attached hydrogens (tertiary/aromatic N) is 2. The van der Waals surface area contributed by atoms with Crippen LogP contribution in [0.5, 0.6) is 0 Å². The summed E-state index contributed by atoms with van der Waals surface area (Å²) >= 11 is 0. The summed E-state index contributed by atoms with van der Waals surface area (Å²) in [6, 6.07) is 6.79. The number of Topliss-reactive ketones (excluding diaryl/α,β-unsaturated/α-hetero) is 2. The van der Waals surface area contributed by atoms with Crippen LogP contribution in [-0.2, 0) is 19.2 Å². The Labute approximate surface area is 150 Å². The summed E-state index contributed by atoms with van der Waals surface area (Å²) in [5, 5.41) is 0. The highest BCUT2D eigenvalue weighted by Gasteiger charge is 2.33. The molecule has 0 aromatic carbocycles. The van der Waals surface area contributed by atoms with Crippen LogP contribution in [0.2, 0.25) is 0 Å². The van der Waals surface area contributed by atoms with Crippen molar-refractivity contribution < 1.29 is 19.2 Å². The number of carbonyl (C=O) groups excluding carboxylic acids is 4. The molecule has 2 aromatic heterocycles. The average molecular weight is 348 g/mol. The fourth-order valence-electron chi connectivity index (χ4n) is 2.10. The number of hydrogen-bond acceptors (Lipinski definition) is 6. The summed E-state index contributed by atoms with van der Waals surface area (Å²) in [4.78, 5) is 56.0. The van der Waals surface area contributed by atoms with E-state index in [9.17, 15) is 19.2 Å². The Kier molecular flexibility index (Phi) is 6.56. The maximum absolute atomic E-state index is 12.4. The lowest BCUT2D eigenvalue weighted by Gasteiger charge is -2.07. The van der Waals surface area contributed by atoms with E-state index in [4.69, 9.17) is 0 Å². The number of rotatable bonds is 8. The minimum atomic E-state index is -1.69. The first-order valence-corrected chi connectivity index (χ1v) is 7.77. The molecule has 26 heavy (non-hydrogen) atoms. The summed E-state index contributed by atoms with van der Waals surface area (Å²) in [5.41, 5.74) is 1.27. The lowest BCUT2D eigenvalue weighted by Crippen LogP contribution is -2.33. The molecule has 6 nitrogen and oxygen atoms in total. The predicted octanol–water partition coefficient (Wildman–Crippen LogP) is 2.12. The smallest absolute Gasteiger partial charge is 0.216 e. The largest absolute Gasteiger partial charge is 0.294 e. The van der Waals surface area contributed by atoms with Crippen molar-refractivity contribution in [2.75, 3.05) is 0 Å². The molecule has 130 valence electrons. The molecule has 2 aromatic rings. The van der Waals surface area contributed by atoms with Crippen molar-refractivity contribution in [3.8, 4) is 0 Å². The van der Waals surface area contributed by atoms with E-state index < -0.39 is 29.1 Å². The molecule has 6 heteroatoms. The van der Waals surface area contributed by atoms with Crippen LogP contribution in [-0.4, -0.2) is 33.1 Å². The zero-order valence-electron chi connectivity index (χ0n) is 14.0. The summed E-state index contributed by atoms with van der Waals surface area (Å²) in [7, 11) is 0. The van der Waals surface area contributed by atoms with Gasteiger partial charge in [0.25, 0.3) is 0 Å². The molecule has 0 fully saturated rings. The van der Waals surface area contributed by atoms with Gasteiger partial charge in [0.15, 0.2) is 23.3 Å². The monoisotopic (exact) mass is 348 g/mol. The van der Waals surface area contributed by atoms with E-state index in [0.29, 0.717) is 11.1 Å². The van der Waals surface area contributed by atoms with Gasteiger partial charge in [0, 0.05) is 31.7 Å². The first-order valence-electron chi connectivity index (χ1n) is 7.77. The number of allylic oxidation sites excluding steroid dienone is 2. The van der Waals surface area contributed by atoms with Gasteiger partial charge < -0.3 is 0 Å². The van der Waals surface area contributed by atoms with Gasteiger partial charge >= 0.3 is 0 Å². The van der Waals surface area contributed by atoms with Crippen LogP contribution < -0.4 is 0 Å². The van der Waals surface area contributed by atoms with Gasteiger partial charge in [-0.25, -0.2) is 0 Å². The Morgan fingerprint density at radius 2 is 1.31 bits per heavy atom. The molecule has 0 amide bonds. The Bertz CT molecular complexity index is 810. The molecule has 2 rings (SSSR count). The molecule has 0 spiro atoms. The molecule has 0 saturated carbocycles. The lowest BCUT2D eigenvalue weighted by molar-refractivity contribution is -0.143. The number of ketones is 4. The van der Waals surface area contributed by atoms with Crippen molar-refractivity contribution in [2.24, 2.45) is 5.92 Å². The van der Waals surface area contributed by atoms with Gasteiger partial charge in [0.1, 0.15) is 0 Å². The molecule has 0 aliphatic rings. The first kappa shape index (κ1) is 18.8. The average Bonchev–Trinajstić information content (AvgIpc) is 2.66. The van der Waals surface area contributed by atoms with Crippen molar-refractivity contribution in [2.45, 2.75) is 6.92 Å². The van der Waals surface area contributed by atoms with E-state index in [2.05, 4.69) is 9.97 Å². The highest BCUT2D eigenvalue weighted by molar-refractivity contribution is 6.47. The van der Waals surface area contributed by atoms with Crippen molar-refractivity contribution in [1.29, 1.82) is 0 Å². The van der Waals surface area contributed by atoms with E-state index in [0.717, 1.165) is 19.1 Å². The molecule has 0 radical (unpaired) electrons. The minimum absolute atomic E-state index is 0.633. The van der Waals surface area contributed by atoms with Crippen molar-refractivity contribution in [1.82, 2.24) is 9.97 Å². The van der Waals surface area contributed by atoms with Crippen LogP contribution in [0.25, 0.3) is 12.2 Å². The zero-order chi connectivity index (χ0) is 18.9. The van der Waals surface area contributed by atoms with Gasteiger partial charge in [0.2, 0.25) is 5.78 Å². The van der Waals surface area contributed by atoms with Gasteiger partial charge in [-0.15, -0.1) is 0 Å². The molecular weight excluding hydrogens is 332 g/mol. The van der Waals surface area contributed by atoms with Gasteiger partial charge in [-0.1, -0.05) is 12.1 Å². The molecule has 0 unspecified atom stereocenters. The molecule has 2 heterocycles. The van der Waals surface area contributed by atoms with Crippen molar-refractivity contribution in [3.63, 3.8) is 0 Å². The van der Waals surface area contributed by atoms with E-state index in [1.807, 2.05) is 0 Å². The summed E-state index contributed by atoms with van der Waals surface area (Å²) < 4.78 is 0. The normalized spacial score (nSPS) is 11.2. The van der Waals surface area contributed by atoms with E-state index in [-0.39, 0.29) is 0 Å². The third-order valence-corrected chi connectivity index (χ3v) is 3.43. The fraction of sp³-hybridized carbons (Fsp3) is 0.100. The topological polar surface area (TPSA) is 94.1 Å². The zero-order valence-corrected chi connectivity index (χ0v) is 14.0. The molecular formula is C20H16N2O4. The van der Waals surface area contributed by atoms with Crippen LogP contribution >= 0.6 is 0 Å². The van der Waals surface area contributed by atoms with Crippen LogP contribution in [0.1, 0.15) is 18.1 Å². The predicted molar refractivity (Wildman–Crippen MR) is 95.7 cm³/mol. The summed E-state index contributed by atoms with van der Waals surface area (Å²) in [6.07, 6.45) is 11.3.